The first-order valence-corrected chi connectivity index (χ1v) is 10.9. The highest BCUT2D eigenvalue weighted by Gasteiger charge is 2.13. The number of hydrogen-bond acceptors (Lipinski definition) is 5. The number of sulfonamides is 1. The summed E-state index contributed by atoms with van der Waals surface area (Å²) < 4.78 is 22.8. The molecular formula is C16H32IN5O2S2. The van der Waals surface area contributed by atoms with Gasteiger partial charge in [0.15, 0.2) is 5.96 Å². The first-order valence-electron chi connectivity index (χ1n) is 8.54. The maximum Gasteiger partial charge on any atom is 0.247 e. The molecule has 26 heavy (non-hydrogen) atoms. The van der Waals surface area contributed by atoms with Crippen LogP contribution in [0.1, 0.15) is 39.5 Å². The number of rotatable bonds is 9. The number of nitrogens with two attached hydrogens (primary N) is 1. The lowest BCUT2D eigenvalue weighted by Gasteiger charge is -2.30. The predicted octanol–water partition coefficient (Wildman–Crippen LogP) is 2.19. The first kappa shape index (κ1) is 25.6. The minimum atomic E-state index is -3.64. The van der Waals surface area contributed by atoms with Crippen LogP contribution in [0.5, 0.6) is 0 Å². The number of hydrogen-bond donors (Lipinski definition) is 3. The predicted molar refractivity (Wildman–Crippen MR) is 121 cm³/mol. The van der Waals surface area contributed by atoms with Gasteiger partial charge in [0.25, 0.3) is 0 Å². The normalized spacial score (nSPS) is 12.6. The lowest BCUT2D eigenvalue weighted by atomic mass is 10.2. The summed E-state index contributed by atoms with van der Waals surface area (Å²) in [7, 11) is -3.64. The Bertz CT molecular complexity index is 651. The first-order chi connectivity index (χ1) is 11.6. The van der Waals surface area contributed by atoms with Crippen LogP contribution >= 0.6 is 35.3 Å². The maximum absolute atomic E-state index is 11.3. The highest BCUT2D eigenvalue weighted by Crippen LogP contribution is 2.20. The number of aliphatic imine (C=N–C) groups is 1. The number of primary sulfonamides is 1. The molecule has 0 bridgehead atoms. The summed E-state index contributed by atoms with van der Waals surface area (Å²) in [4.78, 5) is 7.78. The van der Waals surface area contributed by atoms with Gasteiger partial charge in [0, 0.05) is 36.6 Å². The Morgan fingerprint density at radius 1 is 1.23 bits per heavy atom. The number of nitrogens with zero attached hydrogens (tertiary/aromatic N) is 2. The van der Waals surface area contributed by atoms with E-state index in [2.05, 4.69) is 48.2 Å². The Balaban J connectivity index is 0.00000625. The molecule has 0 aliphatic carbocycles. The van der Waals surface area contributed by atoms with Crippen molar-refractivity contribution in [3.8, 4) is 0 Å². The van der Waals surface area contributed by atoms with Crippen LogP contribution in [0.4, 0.5) is 0 Å². The van der Waals surface area contributed by atoms with E-state index in [-0.39, 0.29) is 28.2 Å². The third-order valence-corrected chi connectivity index (χ3v) is 6.15. The second kappa shape index (κ2) is 12.1. The summed E-state index contributed by atoms with van der Waals surface area (Å²) in [6, 6.07) is 4.25. The van der Waals surface area contributed by atoms with Crippen LogP contribution in [0, 0.1) is 0 Å². The zero-order chi connectivity index (χ0) is 19.0. The standard InChI is InChI=1S/C16H31N5O2S2.HI/c1-6-18-16(19-9-10-21(12(2)3)13(4)5)20-11-14-7-8-15(24-14)25(17,22)23;/h7-8,12-13H,6,9-11H2,1-5H3,(H2,17,22,23)(H2,18,19,20);1H. The average Bonchev–Trinajstić information content (AvgIpc) is 2.97. The van der Waals surface area contributed by atoms with Crippen molar-refractivity contribution < 1.29 is 8.42 Å². The summed E-state index contributed by atoms with van der Waals surface area (Å²) in [5, 5.41) is 11.7. The summed E-state index contributed by atoms with van der Waals surface area (Å²) >= 11 is 1.15. The molecule has 0 unspecified atom stereocenters. The van der Waals surface area contributed by atoms with Gasteiger partial charge in [0.2, 0.25) is 10.0 Å². The molecule has 1 rings (SSSR count). The highest BCUT2D eigenvalue weighted by atomic mass is 127. The smallest absolute Gasteiger partial charge is 0.247 e. The molecule has 7 nitrogen and oxygen atoms in total. The third kappa shape index (κ3) is 8.98. The minimum absolute atomic E-state index is 0. The Kier molecular flexibility index (Phi) is 11.9. The topological polar surface area (TPSA) is 99.8 Å². The van der Waals surface area contributed by atoms with Crippen LogP contribution < -0.4 is 15.8 Å². The summed E-state index contributed by atoms with van der Waals surface area (Å²) in [5.74, 6) is 0.723. The highest BCUT2D eigenvalue weighted by molar-refractivity contribution is 14.0. The summed E-state index contributed by atoms with van der Waals surface area (Å²) in [6.07, 6.45) is 0. The molecule has 152 valence electrons. The van der Waals surface area contributed by atoms with Gasteiger partial charge in [0.05, 0.1) is 6.54 Å². The lowest BCUT2D eigenvalue weighted by molar-refractivity contribution is 0.178. The molecule has 0 saturated heterocycles. The minimum Gasteiger partial charge on any atom is -0.357 e. The van der Waals surface area contributed by atoms with Crippen molar-refractivity contribution in [2.45, 2.75) is 57.5 Å². The van der Waals surface area contributed by atoms with E-state index in [1.807, 2.05) is 6.92 Å². The number of thiophene rings is 1. The van der Waals surface area contributed by atoms with Crippen molar-refractivity contribution >= 4 is 51.3 Å². The fraction of sp³-hybridized carbons (Fsp3) is 0.688. The van der Waals surface area contributed by atoms with Crippen LogP contribution in [0.3, 0.4) is 0 Å². The summed E-state index contributed by atoms with van der Waals surface area (Å²) in [5.41, 5.74) is 0. The lowest BCUT2D eigenvalue weighted by Crippen LogP contribution is -2.45. The van der Waals surface area contributed by atoms with Crippen LogP contribution in [0.25, 0.3) is 0 Å². The van der Waals surface area contributed by atoms with Crippen molar-refractivity contribution in [2.75, 3.05) is 19.6 Å². The molecule has 0 fully saturated rings. The Morgan fingerprint density at radius 3 is 2.31 bits per heavy atom. The third-order valence-electron chi connectivity index (χ3n) is 3.64. The largest absolute Gasteiger partial charge is 0.357 e. The van der Waals surface area contributed by atoms with Crippen LogP contribution in [-0.2, 0) is 16.6 Å². The Morgan fingerprint density at radius 2 is 1.85 bits per heavy atom. The Hall–Kier alpha value is -0.430. The zero-order valence-electron chi connectivity index (χ0n) is 16.2. The molecule has 0 atom stereocenters. The molecular weight excluding hydrogens is 485 g/mol. The molecule has 10 heteroatoms. The van der Waals surface area contributed by atoms with E-state index in [0.717, 1.165) is 41.8 Å². The molecule has 1 aromatic heterocycles. The van der Waals surface area contributed by atoms with Crippen molar-refractivity contribution in [1.82, 2.24) is 15.5 Å². The fourth-order valence-corrected chi connectivity index (χ4v) is 4.21. The summed E-state index contributed by atoms with van der Waals surface area (Å²) in [6.45, 7) is 13.7. The fourth-order valence-electron chi connectivity index (χ4n) is 2.51. The second-order valence-corrected chi connectivity index (χ2v) is 9.27. The zero-order valence-corrected chi connectivity index (χ0v) is 20.1. The molecule has 0 aliphatic heterocycles. The quantitative estimate of drug-likeness (QED) is 0.265. The molecule has 0 radical (unpaired) electrons. The van der Waals surface area contributed by atoms with Gasteiger partial charge >= 0.3 is 0 Å². The van der Waals surface area contributed by atoms with E-state index >= 15 is 0 Å². The van der Waals surface area contributed by atoms with Crippen molar-refractivity contribution in [1.29, 1.82) is 0 Å². The number of guanidine groups is 1. The van der Waals surface area contributed by atoms with Crippen molar-refractivity contribution in [3.05, 3.63) is 17.0 Å². The molecule has 0 amide bonds. The van der Waals surface area contributed by atoms with Gasteiger partial charge in [-0.3, -0.25) is 4.90 Å². The SMILES string of the molecule is CCNC(=NCc1ccc(S(N)(=O)=O)s1)NCCN(C(C)C)C(C)C.I. The van der Waals surface area contributed by atoms with E-state index in [4.69, 9.17) is 5.14 Å². The van der Waals surface area contributed by atoms with Gasteiger partial charge in [-0.25, -0.2) is 18.5 Å². The van der Waals surface area contributed by atoms with E-state index in [1.54, 1.807) is 6.07 Å². The number of nitrogens with one attached hydrogen (secondary N) is 2. The molecule has 4 N–H and O–H groups in total. The van der Waals surface area contributed by atoms with Crippen LogP contribution in [0.15, 0.2) is 21.3 Å². The Labute approximate surface area is 178 Å². The molecule has 0 saturated carbocycles. The van der Waals surface area contributed by atoms with Gasteiger partial charge < -0.3 is 10.6 Å². The molecule has 1 heterocycles. The molecule has 1 aromatic rings. The van der Waals surface area contributed by atoms with E-state index < -0.39 is 10.0 Å². The van der Waals surface area contributed by atoms with Gasteiger partial charge in [-0.1, -0.05) is 0 Å². The van der Waals surface area contributed by atoms with E-state index in [0.29, 0.717) is 18.6 Å². The van der Waals surface area contributed by atoms with Crippen LogP contribution in [0.2, 0.25) is 0 Å². The molecule has 0 spiro atoms. The average molecular weight is 518 g/mol. The van der Waals surface area contributed by atoms with Gasteiger partial charge in [0.1, 0.15) is 4.21 Å². The van der Waals surface area contributed by atoms with Crippen LogP contribution in [-0.4, -0.2) is 51.0 Å². The monoisotopic (exact) mass is 517 g/mol. The van der Waals surface area contributed by atoms with Crippen molar-refractivity contribution in [3.63, 3.8) is 0 Å². The second-order valence-electron chi connectivity index (χ2n) is 6.31. The molecule has 0 aromatic carbocycles. The van der Waals surface area contributed by atoms with E-state index in [9.17, 15) is 8.42 Å². The van der Waals surface area contributed by atoms with Gasteiger partial charge in [-0.2, -0.15) is 0 Å². The van der Waals surface area contributed by atoms with Crippen molar-refractivity contribution in [2.24, 2.45) is 10.1 Å². The van der Waals surface area contributed by atoms with E-state index in [1.165, 1.54) is 6.07 Å². The van der Waals surface area contributed by atoms with Gasteiger partial charge in [-0.05, 0) is 46.8 Å². The maximum atomic E-state index is 11.3. The van der Waals surface area contributed by atoms with Gasteiger partial charge in [-0.15, -0.1) is 35.3 Å². The number of halogens is 1. The molecule has 0 aliphatic rings.